The Morgan fingerprint density at radius 2 is 2.43 bits per heavy atom. The lowest BCUT2D eigenvalue weighted by Crippen LogP contribution is -2.41. The van der Waals surface area contributed by atoms with Crippen LogP contribution in [0.15, 0.2) is 0 Å². The second-order valence-corrected chi connectivity index (χ2v) is 3.84. The van der Waals surface area contributed by atoms with Crippen molar-refractivity contribution in [1.29, 1.82) is 0 Å². The molecule has 2 atom stereocenters. The summed E-state index contributed by atoms with van der Waals surface area (Å²) in [6.07, 6.45) is 0.823. The van der Waals surface area contributed by atoms with E-state index in [1.54, 1.807) is 6.92 Å². The molecule has 0 aromatic heterocycles. The van der Waals surface area contributed by atoms with Crippen LogP contribution in [0.25, 0.3) is 0 Å². The third kappa shape index (κ3) is 2.18. The van der Waals surface area contributed by atoms with Crippen molar-refractivity contribution < 1.29 is 14.7 Å². The Bertz CT molecular complexity index is 244. The molecule has 14 heavy (non-hydrogen) atoms. The van der Waals surface area contributed by atoms with Gasteiger partial charge in [0.1, 0.15) is 6.04 Å². The summed E-state index contributed by atoms with van der Waals surface area (Å²) in [7, 11) is 0. The van der Waals surface area contributed by atoms with Crippen molar-refractivity contribution in [2.24, 2.45) is 5.92 Å². The highest BCUT2D eigenvalue weighted by Crippen LogP contribution is 2.22. The van der Waals surface area contributed by atoms with E-state index in [9.17, 15) is 9.59 Å². The highest BCUT2D eigenvalue weighted by Gasteiger charge is 2.36. The fourth-order valence-electron chi connectivity index (χ4n) is 1.74. The van der Waals surface area contributed by atoms with Gasteiger partial charge < -0.3 is 10.0 Å². The number of carboxylic acids is 1. The van der Waals surface area contributed by atoms with Crippen LogP contribution in [0, 0.1) is 5.92 Å². The summed E-state index contributed by atoms with van der Waals surface area (Å²) < 4.78 is 0. The van der Waals surface area contributed by atoms with Crippen LogP contribution in [0.3, 0.4) is 0 Å². The Morgan fingerprint density at radius 3 is 2.79 bits per heavy atom. The van der Waals surface area contributed by atoms with Crippen LogP contribution < -0.4 is 0 Å². The van der Waals surface area contributed by atoms with Gasteiger partial charge in [0, 0.05) is 18.8 Å². The predicted octanol–water partition coefficient (Wildman–Crippen LogP) is 0.937. The molecule has 1 saturated heterocycles. The summed E-state index contributed by atoms with van der Waals surface area (Å²) in [5, 5.41) is 8.88. The minimum Gasteiger partial charge on any atom is -0.480 e. The Hall–Kier alpha value is -0.770. The number of halogens is 1. The molecule has 1 amide bonds. The standard InChI is InChI=1S/C9H14ClNO3/c1-2-7(9(13)14)11-5-6(4-10)3-8(11)12/h6-7H,2-5H2,1H3,(H,13,14). The number of carbonyl (C=O) groups excluding carboxylic acids is 1. The number of likely N-dealkylation sites (tertiary alicyclic amines) is 1. The van der Waals surface area contributed by atoms with Crippen molar-refractivity contribution in [1.82, 2.24) is 4.90 Å². The van der Waals surface area contributed by atoms with Crippen LogP contribution in [0.1, 0.15) is 19.8 Å². The van der Waals surface area contributed by atoms with Crippen molar-refractivity contribution in [2.75, 3.05) is 12.4 Å². The molecule has 1 N–H and O–H groups in total. The average molecular weight is 220 g/mol. The summed E-state index contributed by atoms with van der Waals surface area (Å²) in [6, 6.07) is -0.685. The minimum atomic E-state index is -0.934. The molecule has 0 radical (unpaired) electrons. The normalized spacial score (nSPS) is 24.0. The average Bonchev–Trinajstić information content (AvgIpc) is 2.48. The maximum absolute atomic E-state index is 11.5. The van der Waals surface area contributed by atoms with E-state index in [0.717, 1.165) is 0 Å². The maximum atomic E-state index is 11.5. The van der Waals surface area contributed by atoms with Gasteiger partial charge >= 0.3 is 5.97 Å². The quantitative estimate of drug-likeness (QED) is 0.716. The lowest BCUT2D eigenvalue weighted by atomic mass is 10.1. The number of hydrogen-bond donors (Lipinski definition) is 1. The number of amides is 1. The molecule has 1 aliphatic heterocycles. The zero-order chi connectivity index (χ0) is 10.7. The third-order valence-corrected chi connectivity index (χ3v) is 2.94. The topological polar surface area (TPSA) is 57.6 Å². The van der Waals surface area contributed by atoms with Gasteiger partial charge in [0.05, 0.1) is 0 Å². The zero-order valence-electron chi connectivity index (χ0n) is 8.07. The van der Waals surface area contributed by atoms with Gasteiger partial charge in [0.25, 0.3) is 0 Å². The monoisotopic (exact) mass is 219 g/mol. The molecule has 0 bridgehead atoms. The number of carbonyl (C=O) groups is 2. The molecule has 1 aliphatic rings. The Morgan fingerprint density at radius 1 is 1.79 bits per heavy atom. The first-order valence-electron chi connectivity index (χ1n) is 4.68. The molecular weight excluding hydrogens is 206 g/mol. The molecule has 4 nitrogen and oxygen atoms in total. The lowest BCUT2D eigenvalue weighted by Gasteiger charge is -2.23. The highest BCUT2D eigenvalue weighted by atomic mass is 35.5. The van der Waals surface area contributed by atoms with E-state index in [-0.39, 0.29) is 11.8 Å². The number of rotatable bonds is 4. The van der Waals surface area contributed by atoms with E-state index in [1.165, 1.54) is 4.90 Å². The van der Waals surface area contributed by atoms with Crippen LogP contribution in [-0.2, 0) is 9.59 Å². The van der Waals surface area contributed by atoms with Gasteiger partial charge in [-0.1, -0.05) is 6.92 Å². The molecule has 1 heterocycles. The number of alkyl halides is 1. The van der Waals surface area contributed by atoms with Crippen molar-refractivity contribution in [3.8, 4) is 0 Å². The first kappa shape index (κ1) is 11.3. The molecule has 0 saturated carbocycles. The van der Waals surface area contributed by atoms with Crippen molar-refractivity contribution in [3.63, 3.8) is 0 Å². The van der Waals surface area contributed by atoms with Crippen LogP contribution in [0.2, 0.25) is 0 Å². The molecule has 0 aliphatic carbocycles. The van der Waals surface area contributed by atoms with Crippen molar-refractivity contribution in [2.45, 2.75) is 25.8 Å². The van der Waals surface area contributed by atoms with E-state index in [2.05, 4.69) is 0 Å². The van der Waals surface area contributed by atoms with Crippen LogP contribution in [-0.4, -0.2) is 40.3 Å². The number of carboxylic acid groups (broad SMARTS) is 1. The van der Waals surface area contributed by atoms with E-state index >= 15 is 0 Å². The largest absolute Gasteiger partial charge is 0.480 e. The minimum absolute atomic E-state index is 0.0927. The Labute approximate surface area is 87.8 Å². The van der Waals surface area contributed by atoms with E-state index in [0.29, 0.717) is 25.3 Å². The summed E-state index contributed by atoms with van der Waals surface area (Å²) in [5.74, 6) is -0.503. The molecule has 1 rings (SSSR count). The van der Waals surface area contributed by atoms with E-state index in [4.69, 9.17) is 16.7 Å². The summed E-state index contributed by atoms with van der Waals surface area (Å²) in [5.41, 5.74) is 0. The van der Waals surface area contributed by atoms with Crippen LogP contribution >= 0.6 is 11.6 Å². The molecule has 2 unspecified atom stereocenters. The summed E-state index contributed by atoms with van der Waals surface area (Å²) >= 11 is 5.64. The van der Waals surface area contributed by atoms with Crippen molar-refractivity contribution >= 4 is 23.5 Å². The van der Waals surface area contributed by atoms with Crippen LogP contribution in [0.4, 0.5) is 0 Å². The first-order chi connectivity index (χ1) is 6.60. The van der Waals surface area contributed by atoms with Gasteiger partial charge in [-0.3, -0.25) is 4.79 Å². The second-order valence-electron chi connectivity index (χ2n) is 3.53. The summed E-state index contributed by atoms with van der Waals surface area (Å²) in [6.45, 7) is 2.24. The molecular formula is C9H14ClNO3. The van der Waals surface area contributed by atoms with Crippen LogP contribution in [0.5, 0.6) is 0 Å². The van der Waals surface area contributed by atoms with E-state index < -0.39 is 12.0 Å². The molecule has 0 aromatic carbocycles. The van der Waals surface area contributed by atoms with Gasteiger partial charge in [-0.2, -0.15) is 0 Å². The maximum Gasteiger partial charge on any atom is 0.326 e. The number of hydrogen-bond acceptors (Lipinski definition) is 2. The fraction of sp³-hybridized carbons (Fsp3) is 0.778. The predicted molar refractivity (Wildman–Crippen MR) is 52.3 cm³/mol. The van der Waals surface area contributed by atoms with Gasteiger partial charge in [0.2, 0.25) is 5.91 Å². The van der Waals surface area contributed by atoms with Gasteiger partial charge in [0.15, 0.2) is 0 Å². The first-order valence-corrected chi connectivity index (χ1v) is 5.21. The van der Waals surface area contributed by atoms with Gasteiger partial charge in [-0.15, -0.1) is 11.6 Å². The zero-order valence-corrected chi connectivity index (χ0v) is 8.83. The second kappa shape index (κ2) is 4.64. The SMILES string of the molecule is CCC(C(=O)O)N1CC(CCl)CC1=O. The number of nitrogens with zero attached hydrogens (tertiary/aromatic N) is 1. The highest BCUT2D eigenvalue weighted by molar-refractivity contribution is 6.18. The Kier molecular flexibility index (Phi) is 3.75. The van der Waals surface area contributed by atoms with Gasteiger partial charge in [-0.05, 0) is 12.3 Å². The van der Waals surface area contributed by atoms with Gasteiger partial charge in [-0.25, -0.2) is 4.79 Å². The third-order valence-electron chi connectivity index (χ3n) is 2.50. The van der Waals surface area contributed by atoms with E-state index in [1.807, 2.05) is 0 Å². The Balaban J connectivity index is 2.68. The molecule has 1 fully saturated rings. The lowest BCUT2D eigenvalue weighted by molar-refractivity contribution is -0.148. The molecule has 80 valence electrons. The molecule has 5 heteroatoms. The molecule has 0 aromatic rings. The molecule has 0 spiro atoms. The summed E-state index contributed by atoms with van der Waals surface area (Å²) in [4.78, 5) is 23.7. The number of aliphatic carboxylic acids is 1. The van der Waals surface area contributed by atoms with Crippen molar-refractivity contribution in [3.05, 3.63) is 0 Å². The fourth-order valence-corrected chi connectivity index (χ4v) is 1.95. The smallest absolute Gasteiger partial charge is 0.326 e.